The molecule has 0 aromatic heterocycles. The molecule has 0 aliphatic carbocycles. The number of hydrogen-bond donors (Lipinski definition) is 0. The maximum absolute atomic E-state index is 5.49. The van der Waals surface area contributed by atoms with E-state index in [0.29, 0.717) is 0 Å². The molecule has 0 spiro atoms. The van der Waals surface area contributed by atoms with Gasteiger partial charge < -0.3 is 9.47 Å². The van der Waals surface area contributed by atoms with Crippen LogP contribution in [0.5, 0.6) is 0 Å². The minimum atomic E-state index is 0.813. The van der Waals surface area contributed by atoms with Crippen LogP contribution in [-0.2, 0) is 9.47 Å². The molecule has 0 aromatic carbocycles. The first-order chi connectivity index (χ1) is 7.81. The van der Waals surface area contributed by atoms with Crippen LogP contribution in [0.15, 0.2) is 12.2 Å². The summed E-state index contributed by atoms with van der Waals surface area (Å²) < 4.78 is 11.0. The van der Waals surface area contributed by atoms with Crippen molar-refractivity contribution >= 4 is 0 Å². The summed E-state index contributed by atoms with van der Waals surface area (Å²) in [6.45, 7) is 11.8. The van der Waals surface area contributed by atoms with Gasteiger partial charge in [-0.1, -0.05) is 38.8 Å². The van der Waals surface area contributed by atoms with Gasteiger partial charge in [0.25, 0.3) is 0 Å². The van der Waals surface area contributed by atoms with Crippen molar-refractivity contribution < 1.29 is 9.47 Å². The Kier molecular flexibility index (Phi) is 12.5. The normalized spacial score (nSPS) is 10.6. The zero-order valence-corrected chi connectivity index (χ0v) is 11.1. The van der Waals surface area contributed by atoms with E-state index in [1.54, 1.807) is 0 Å². The molecule has 96 valence electrons. The molecule has 2 nitrogen and oxygen atoms in total. The summed E-state index contributed by atoms with van der Waals surface area (Å²) in [5.74, 6) is 0. The molecule has 2 heteroatoms. The number of ether oxygens (including phenoxy) is 2. The number of unbranched alkanes of at least 4 members (excludes halogenated alkanes) is 2. The summed E-state index contributed by atoms with van der Waals surface area (Å²) in [7, 11) is 0. The van der Waals surface area contributed by atoms with Gasteiger partial charge in [0, 0.05) is 13.2 Å². The Labute approximate surface area is 101 Å². The fourth-order valence-electron chi connectivity index (χ4n) is 1.25. The Balaban J connectivity index is 3.12. The van der Waals surface area contributed by atoms with Gasteiger partial charge in [-0.2, -0.15) is 0 Å². The van der Waals surface area contributed by atoms with Gasteiger partial charge >= 0.3 is 0 Å². The highest BCUT2D eigenvalue weighted by Gasteiger charge is 1.96. The van der Waals surface area contributed by atoms with E-state index < -0.39 is 0 Å². The smallest absolute Gasteiger partial charge is 0.0503 e. The van der Waals surface area contributed by atoms with E-state index in [-0.39, 0.29) is 0 Å². The van der Waals surface area contributed by atoms with Crippen molar-refractivity contribution in [2.24, 2.45) is 0 Å². The van der Waals surface area contributed by atoms with E-state index in [1.807, 2.05) is 0 Å². The lowest BCUT2D eigenvalue weighted by atomic mass is 10.2. The number of hydrogen-bond acceptors (Lipinski definition) is 2. The Bertz CT molecular complexity index is 139. The standard InChI is InChI=1S/C14H28O2/c1-4-6-10-15-12-8-14(3)9-13-16-11-7-5-2/h3-13H2,1-2H3. The van der Waals surface area contributed by atoms with Crippen molar-refractivity contribution in [3.8, 4) is 0 Å². The fourth-order valence-corrected chi connectivity index (χ4v) is 1.25. The van der Waals surface area contributed by atoms with E-state index >= 15 is 0 Å². The van der Waals surface area contributed by atoms with Crippen LogP contribution in [-0.4, -0.2) is 26.4 Å². The Morgan fingerprint density at radius 1 is 0.812 bits per heavy atom. The molecule has 0 aliphatic heterocycles. The Morgan fingerprint density at radius 3 is 1.62 bits per heavy atom. The lowest BCUT2D eigenvalue weighted by molar-refractivity contribution is 0.124. The summed E-state index contributed by atoms with van der Waals surface area (Å²) in [6.07, 6.45) is 6.67. The molecule has 0 saturated carbocycles. The van der Waals surface area contributed by atoms with Crippen LogP contribution < -0.4 is 0 Å². The molecule has 0 aliphatic rings. The largest absolute Gasteiger partial charge is 0.381 e. The van der Waals surface area contributed by atoms with Crippen molar-refractivity contribution in [3.63, 3.8) is 0 Å². The third kappa shape index (κ3) is 11.7. The van der Waals surface area contributed by atoms with Crippen LogP contribution >= 0.6 is 0 Å². The van der Waals surface area contributed by atoms with E-state index in [0.717, 1.165) is 52.1 Å². The second-order valence-electron chi connectivity index (χ2n) is 4.18. The minimum absolute atomic E-state index is 0.813. The molecule has 0 aromatic rings. The molecule has 0 rings (SSSR count). The third-order valence-corrected chi connectivity index (χ3v) is 2.48. The lowest BCUT2D eigenvalue weighted by Crippen LogP contribution is -2.01. The zero-order chi connectivity index (χ0) is 12.1. The van der Waals surface area contributed by atoms with Crippen LogP contribution in [0.4, 0.5) is 0 Å². The summed E-state index contributed by atoms with van der Waals surface area (Å²) >= 11 is 0. The molecule has 0 saturated heterocycles. The van der Waals surface area contributed by atoms with Crippen molar-refractivity contribution in [3.05, 3.63) is 12.2 Å². The zero-order valence-electron chi connectivity index (χ0n) is 11.1. The molecular weight excluding hydrogens is 200 g/mol. The van der Waals surface area contributed by atoms with Crippen LogP contribution in [0.3, 0.4) is 0 Å². The molecule has 16 heavy (non-hydrogen) atoms. The van der Waals surface area contributed by atoms with Crippen LogP contribution in [0.2, 0.25) is 0 Å². The molecule has 0 unspecified atom stereocenters. The summed E-state index contributed by atoms with van der Waals surface area (Å²) in [5, 5.41) is 0. The van der Waals surface area contributed by atoms with Gasteiger partial charge in [0.1, 0.15) is 0 Å². The first-order valence-corrected chi connectivity index (χ1v) is 6.63. The molecule has 0 heterocycles. The van der Waals surface area contributed by atoms with Crippen molar-refractivity contribution in [2.45, 2.75) is 52.4 Å². The minimum Gasteiger partial charge on any atom is -0.381 e. The SMILES string of the molecule is C=C(CCOCCCC)CCOCCCC. The van der Waals surface area contributed by atoms with Crippen LogP contribution in [0, 0.1) is 0 Å². The van der Waals surface area contributed by atoms with Gasteiger partial charge in [0.2, 0.25) is 0 Å². The lowest BCUT2D eigenvalue weighted by Gasteiger charge is -2.07. The summed E-state index contributed by atoms with van der Waals surface area (Å²) in [6, 6.07) is 0. The van der Waals surface area contributed by atoms with Crippen molar-refractivity contribution in [2.75, 3.05) is 26.4 Å². The molecule has 0 fully saturated rings. The Morgan fingerprint density at radius 2 is 1.25 bits per heavy atom. The van der Waals surface area contributed by atoms with Crippen molar-refractivity contribution in [1.29, 1.82) is 0 Å². The molecule has 0 N–H and O–H groups in total. The first kappa shape index (κ1) is 15.7. The van der Waals surface area contributed by atoms with E-state index in [2.05, 4.69) is 20.4 Å². The molecule has 0 amide bonds. The van der Waals surface area contributed by atoms with E-state index in [1.165, 1.54) is 18.4 Å². The maximum Gasteiger partial charge on any atom is 0.0503 e. The van der Waals surface area contributed by atoms with Gasteiger partial charge in [0.05, 0.1) is 13.2 Å². The van der Waals surface area contributed by atoms with Gasteiger partial charge in [-0.25, -0.2) is 0 Å². The molecular formula is C14H28O2. The van der Waals surface area contributed by atoms with Crippen LogP contribution in [0.1, 0.15) is 52.4 Å². The monoisotopic (exact) mass is 228 g/mol. The predicted octanol–water partition coefficient (Wildman–Crippen LogP) is 3.96. The fraction of sp³-hybridized carbons (Fsp3) is 0.857. The second kappa shape index (κ2) is 12.7. The maximum atomic E-state index is 5.49. The molecule has 0 atom stereocenters. The first-order valence-electron chi connectivity index (χ1n) is 6.63. The van der Waals surface area contributed by atoms with Crippen molar-refractivity contribution in [1.82, 2.24) is 0 Å². The van der Waals surface area contributed by atoms with Gasteiger partial charge in [0.15, 0.2) is 0 Å². The third-order valence-electron chi connectivity index (χ3n) is 2.48. The second-order valence-corrected chi connectivity index (χ2v) is 4.18. The molecule has 0 radical (unpaired) electrons. The highest BCUT2D eigenvalue weighted by molar-refractivity contribution is 4.93. The number of rotatable bonds is 12. The van der Waals surface area contributed by atoms with Gasteiger partial charge in [-0.3, -0.25) is 0 Å². The van der Waals surface area contributed by atoms with Crippen LogP contribution in [0.25, 0.3) is 0 Å². The highest BCUT2D eigenvalue weighted by atomic mass is 16.5. The van der Waals surface area contributed by atoms with E-state index in [4.69, 9.17) is 9.47 Å². The predicted molar refractivity (Wildman–Crippen MR) is 69.8 cm³/mol. The van der Waals surface area contributed by atoms with Gasteiger partial charge in [-0.15, -0.1) is 0 Å². The average Bonchev–Trinajstić information content (AvgIpc) is 2.28. The highest BCUT2D eigenvalue weighted by Crippen LogP contribution is 2.05. The summed E-state index contributed by atoms with van der Waals surface area (Å²) in [4.78, 5) is 0. The topological polar surface area (TPSA) is 18.5 Å². The van der Waals surface area contributed by atoms with E-state index in [9.17, 15) is 0 Å². The molecule has 0 bridgehead atoms. The quantitative estimate of drug-likeness (QED) is 0.372. The Hall–Kier alpha value is -0.340. The average molecular weight is 228 g/mol. The van der Waals surface area contributed by atoms with Gasteiger partial charge in [-0.05, 0) is 25.7 Å². The summed E-state index contributed by atoms with van der Waals surface area (Å²) in [5.41, 5.74) is 1.24.